The largest absolute Gasteiger partial charge is 0.339 e. The van der Waals surface area contributed by atoms with Gasteiger partial charge in [0, 0.05) is 12.1 Å². The molecule has 0 aromatic heterocycles. The fraction of sp³-hybridized carbons (Fsp3) is 1.00. The monoisotopic (exact) mass is 281 g/mol. The molecule has 1 aliphatic rings. The number of hydrogen-bond donors (Lipinski definition) is 0. The summed E-state index contributed by atoms with van der Waals surface area (Å²) in [7, 11) is -3.75. The second-order valence-electron chi connectivity index (χ2n) is 3.65. The second-order valence-corrected chi connectivity index (χ2v) is 7.70. The van der Waals surface area contributed by atoms with Crippen molar-refractivity contribution in [2.24, 2.45) is 0 Å². The van der Waals surface area contributed by atoms with Gasteiger partial charge >= 0.3 is 10.3 Å². The topological polar surface area (TPSA) is 46.4 Å². The van der Waals surface area contributed by atoms with Crippen LogP contribution in [0.25, 0.3) is 0 Å². The predicted octanol–water partition coefficient (Wildman–Crippen LogP) is 1.71. The van der Waals surface area contributed by atoms with Crippen LogP contribution in [0.4, 0.5) is 0 Å². The molecule has 1 unspecified atom stereocenters. The first-order valence-electron chi connectivity index (χ1n) is 3.79. The predicted molar refractivity (Wildman–Crippen MR) is 55.9 cm³/mol. The summed E-state index contributed by atoms with van der Waals surface area (Å²) in [5.74, 6) is 0. The van der Waals surface area contributed by atoms with E-state index in [0.717, 1.165) is 0 Å². The van der Waals surface area contributed by atoms with Crippen LogP contribution in [-0.4, -0.2) is 35.2 Å². The molecule has 84 valence electrons. The summed E-state index contributed by atoms with van der Waals surface area (Å²) in [5, 5.41) is 0. The van der Waals surface area contributed by atoms with Crippen molar-refractivity contribution in [3.05, 3.63) is 0 Å². The van der Waals surface area contributed by atoms with Crippen molar-refractivity contribution < 1.29 is 12.6 Å². The molecule has 1 fully saturated rings. The first-order valence-corrected chi connectivity index (χ1v) is 6.28. The highest BCUT2D eigenvalue weighted by Crippen LogP contribution is 2.36. The van der Waals surface area contributed by atoms with Gasteiger partial charge in [0.15, 0.2) is 0 Å². The van der Waals surface area contributed by atoms with Gasteiger partial charge < -0.3 is 0 Å². The summed E-state index contributed by atoms with van der Waals surface area (Å²) in [4.78, 5) is 0. The van der Waals surface area contributed by atoms with Crippen LogP contribution in [0.5, 0.6) is 0 Å². The average Bonchev–Trinajstić information content (AvgIpc) is 2.56. The van der Waals surface area contributed by atoms with E-state index in [4.69, 9.17) is 34.8 Å². The summed E-state index contributed by atoms with van der Waals surface area (Å²) >= 11 is 16.1. The number of rotatable bonds is 3. The molecule has 0 aromatic carbocycles. The van der Waals surface area contributed by atoms with Crippen molar-refractivity contribution >= 4 is 45.1 Å². The first-order chi connectivity index (χ1) is 6.05. The third kappa shape index (κ3) is 3.40. The Kier molecular flexibility index (Phi) is 3.33. The molecule has 1 rings (SSSR count). The van der Waals surface area contributed by atoms with E-state index in [2.05, 4.69) is 4.18 Å². The van der Waals surface area contributed by atoms with Crippen molar-refractivity contribution in [3.63, 3.8) is 0 Å². The van der Waals surface area contributed by atoms with Gasteiger partial charge in [0.2, 0.25) is 3.79 Å². The number of alkyl halides is 3. The normalized spacial score (nSPS) is 26.2. The highest BCUT2D eigenvalue weighted by atomic mass is 35.6. The van der Waals surface area contributed by atoms with Gasteiger partial charge in [-0.15, -0.1) is 0 Å². The molecule has 4 nitrogen and oxygen atoms in total. The standard InChI is InChI=1S/C6H10Cl3NO3S/c1-5(2)3-10(5)14(11,12)13-4-6(7,8)9/h3-4H2,1-2H3. The molecule has 0 radical (unpaired) electrons. The lowest BCUT2D eigenvalue weighted by Gasteiger charge is -2.12. The van der Waals surface area contributed by atoms with E-state index in [0.29, 0.717) is 6.54 Å². The molecule has 1 heterocycles. The minimum Gasteiger partial charge on any atom is -0.253 e. The van der Waals surface area contributed by atoms with E-state index in [1.807, 2.05) is 0 Å². The van der Waals surface area contributed by atoms with E-state index in [-0.39, 0.29) is 5.54 Å². The molecule has 1 atom stereocenters. The molecule has 0 amide bonds. The molecular weight excluding hydrogens is 272 g/mol. The SMILES string of the molecule is CC1(C)CN1S(=O)(=O)OCC(Cl)(Cl)Cl. The van der Waals surface area contributed by atoms with Crippen LogP contribution in [0.2, 0.25) is 0 Å². The van der Waals surface area contributed by atoms with Gasteiger partial charge in [-0.25, -0.2) is 0 Å². The molecule has 0 aromatic rings. The summed E-state index contributed by atoms with van der Waals surface area (Å²) in [6, 6.07) is 0. The Labute approximate surface area is 98.3 Å². The van der Waals surface area contributed by atoms with Crippen LogP contribution in [0, 0.1) is 0 Å². The van der Waals surface area contributed by atoms with E-state index >= 15 is 0 Å². The summed E-state index contributed by atoms with van der Waals surface area (Å²) in [6.07, 6.45) is 0. The molecule has 0 bridgehead atoms. The van der Waals surface area contributed by atoms with E-state index in [9.17, 15) is 8.42 Å². The zero-order valence-corrected chi connectivity index (χ0v) is 10.7. The van der Waals surface area contributed by atoms with Crippen molar-refractivity contribution in [2.45, 2.75) is 23.2 Å². The molecule has 14 heavy (non-hydrogen) atoms. The Balaban J connectivity index is 2.54. The molecule has 1 saturated heterocycles. The number of halogens is 3. The molecule has 0 spiro atoms. The Hall–Kier alpha value is 0.740. The lowest BCUT2D eigenvalue weighted by atomic mass is 10.3. The Morgan fingerprint density at radius 1 is 1.43 bits per heavy atom. The minimum atomic E-state index is -3.75. The van der Waals surface area contributed by atoms with Crippen LogP contribution < -0.4 is 0 Å². The highest BCUT2D eigenvalue weighted by Gasteiger charge is 2.52. The van der Waals surface area contributed by atoms with Gasteiger partial charge in [-0.05, 0) is 13.8 Å². The maximum Gasteiger partial charge on any atom is 0.339 e. The number of nitrogens with zero attached hydrogens (tertiary/aromatic N) is 1. The molecule has 8 heteroatoms. The summed E-state index contributed by atoms with van der Waals surface area (Å²) in [6.45, 7) is 3.51. The smallest absolute Gasteiger partial charge is 0.253 e. The fourth-order valence-corrected chi connectivity index (χ4v) is 2.79. The van der Waals surface area contributed by atoms with E-state index in [1.165, 1.54) is 4.31 Å². The van der Waals surface area contributed by atoms with Crippen LogP contribution in [0.15, 0.2) is 0 Å². The van der Waals surface area contributed by atoms with Gasteiger partial charge in [0.25, 0.3) is 0 Å². The lowest BCUT2D eigenvalue weighted by molar-refractivity contribution is 0.301. The molecule has 0 N–H and O–H groups in total. The van der Waals surface area contributed by atoms with Gasteiger partial charge in [-0.1, -0.05) is 34.8 Å². The third-order valence-corrected chi connectivity index (χ3v) is 3.65. The maximum absolute atomic E-state index is 11.4. The quantitative estimate of drug-likeness (QED) is 0.585. The summed E-state index contributed by atoms with van der Waals surface area (Å²) < 4.78 is 26.8. The second kappa shape index (κ2) is 3.64. The zero-order valence-electron chi connectivity index (χ0n) is 7.63. The molecular formula is C6H10Cl3NO3S. The van der Waals surface area contributed by atoms with Gasteiger partial charge in [0.1, 0.15) is 6.61 Å². The fourth-order valence-electron chi connectivity index (χ4n) is 0.903. The van der Waals surface area contributed by atoms with Crippen molar-refractivity contribution in [1.29, 1.82) is 0 Å². The zero-order chi connectivity index (χ0) is 11.2. The highest BCUT2D eigenvalue weighted by molar-refractivity contribution is 7.84. The van der Waals surface area contributed by atoms with Gasteiger partial charge in [0.05, 0.1) is 0 Å². The average molecular weight is 283 g/mol. The van der Waals surface area contributed by atoms with E-state index < -0.39 is 20.7 Å². The molecule has 0 saturated carbocycles. The van der Waals surface area contributed by atoms with Crippen LogP contribution in [-0.2, 0) is 14.5 Å². The third-order valence-electron chi connectivity index (χ3n) is 1.74. The minimum absolute atomic E-state index is 0.383. The van der Waals surface area contributed by atoms with Crippen LogP contribution in [0.3, 0.4) is 0 Å². The Morgan fingerprint density at radius 3 is 2.14 bits per heavy atom. The lowest BCUT2D eigenvalue weighted by Crippen LogP contribution is -2.25. The number of hydrogen-bond acceptors (Lipinski definition) is 3. The first kappa shape index (κ1) is 12.8. The Bertz CT molecular complexity index is 322. The van der Waals surface area contributed by atoms with Gasteiger partial charge in [-0.3, -0.25) is 4.18 Å². The van der Waals surface area contributed by atoms with Crippen molar-refractivity contribution in [2.75, 3.05) is 13.2 Å². The van der Waals surface area contributed by atoms with Crippen molar-refractivity contribution in [1.82, 2.24) is 4.31 Å². The summed E-state index contributed by atoms with van der Waals surface area (Å²) in [5.41, 5.74) is -0.383. The maximum atomic E-state index is 11.4. The molecule has 1 aliphatic heterocycles. The Morgan fingerprint density at radius 2 is 1.86 bits per heavy atom. The molecule has 0 aliphatic carbocycles. The van der Waals surface area contributed by atoms with Crippen LogP contribution in [0.1, 0.15) is 13.8 Å². The van der Waals surface area contributed by atoms with Gasteiger partial charge in [-0.2, -0.15) is 12.7 Å². The van der Waals surface area contributed by atoms with Crippen molar-refractivity contribution in [3.8, 4) is 0 Å². The van der Waals surface area contributed by atoms with E-state index in [1.54, 1.807) is 13.8 Å². The van der Waals surface area contributed by atoms with Crippen LogP contribution >= 0.6 is 34.8 Å².